The molecule has 0 spiro atoms. The second-order valence-corrected chi connectivity index (χ2v) is 5.37. The van der Waals surface area contributed by atoms with Gasteiger partial charge in [0, 0.05) is 6.04 Å². The molecule has 0 bridgehead atoms. The lowest BCUT2D eigenvalue weighted by Crippen LogP contribution is -2.44. The van der Waals surface area contributed by atoms with Gasteiger partial charge in [0.15, 0.2) is 0 Å². The third kappa shape index (κ3) is 4.08. The van der Waals surface area contributed by atoms with Gasteiger partial charge in [0.25, 0.3) is 0 Å². The van der Waals surface area contributed by atoms with E-state index in [1.165, 1.54) is 0 Å². The highest BCUT2D eigenvalue weighted by Gasteiger charge is 2.34. The van der Waals surface area contributed by atoms with E-state index in [-0.39, 0.29) is 11.9 Å². The van der Waals surface area contributed by atoms with E-state index in [4.69, 9.17) is 0 Å². The Hall–Kier alpha value is -1.32. The van der Waals surface area contributed by atoms with Gasteiger partial charge in [-0.2, -0.15) is 0 Å². The molecule has 4 heteroatoms. The molecule has 4 nitrogen and oxygen atoms in total. The molecule has 3 atom stereocenters. The van der Waals surface area contributed by atoms with Gasteiger partial charge in [0.05, 0.1) is 11.8 Å². The number of carbonyl (C=O) groups excluding carboxylic acids is 1. The van der Waals surface area contributed by atoms with Crippen molar-refractivity contribution in [2.45, 2.75) is 52.5 Å². The lowest BCUT2D eigenvalue weighted by Gasteiger charge is -2.28. The van der Waals surface area contributed by atoms with E-state index < -0.39 is 17.8 Å². The molecule has 1 rings (SSSR count). The van der Waals surface area contributed by atoms with Gasteiger partial charge in [0.1, 0.15) is 0 Å². The Morgan fingerprint density at radius 3 is 2.21 bits per heavy atom. The fourth-order valence-corrected chi connectivity index (χ4v) is 2.82. The van der Waals surface area contributed by atoms with Crippen LogP contribution in [0.15, 0.2) is 12.2 Å². The molecule has 2 N–H and O–H groups in total. The fourth-order valence-electron chi connectivity index (χ4n) is 2.82. The smallest absolute Gasteiger partial charge is 0.307 e. The van der Waals surface area contributed by atoms with Crippen LogP contribution in [0.5, 0.6) is 0 Å². The summed E-state index contributed by atoms with van der Waals surface area (Å²) in [5, 5.41) is 12.2. The molecule has 108 valence electrons. The number of aliphatic carboxylic acids is 1. The maximum Gasteiger partial charge on any atom is 0.307 e. The zero-order valence-corrected chi connectivity index (χ0v) is 12.1. The van der Waals surface area contributed by atoms with Crippen molar-refractivity contribution in [1.82, 2.24) is 5.32 Å². The second-order valence-electron chi connectivity index (χ2n) is 5.37. The lowest BCUT2D eigenvalue weighted by molar-refractivity contribution is -0.147. The van der Waals surface area contributed by atoms with Crippen LogP contribution in [-0.4, -0.2) is 23.0 Å². The van der Waals surface area contributed by atoms with Gasteiger partial charge in [-0.25, -0.2) is 0 Å². The van der Waals surface area contributed by atoms with E-state index in [0.29, 0.717) is 18.8 Å². The van der Waals surface area contributed by atoms with Crippen LogP contribution in [-0.2, 0) is 9.59 Å². The van der Waals surface area contributed by atoms with Crippen LogP contribution < -0.4 is 5.32 Å². The maximum atomic E-state index is 12.3. The van der Waals surface area contributed by atoms with Crippen LogP contribution >= 0.6 is 0 Å². The molecule has 0 heterocycles. The normalized spacial score (nSPS) is 24.2. The Labute approximate surface area is 115 Å². The second kappa shape index (κ2) is 7.31. The highest BCUT2D eigenvalue weighted by Crippen LogP contribution is 2.26. The molecular formula is C15H25NO3. The van der Waals surface area contributed by atoms with Crippen molar-refractivity contribution in [3.63, 3.8) is 0 Å². The van der Waals surface area contributed by atoms with E-state index in [0.717, 1.165) is 12.8 Å². The molecule has 1 aliphatic rings. The largest absolute Gasteiger partial charge is 0.481 e. The average molecular weight is 267 g/mol. The standard InChI is InChI=1S/C15H25NO3/c1-4-11(5-2)10(3)16-14(17)12-8-6-7-9-13(12)15(18)19/h6-7,10-13H,4-5,8-9H2,1-3H3,(H,16,17)(H,18,19)/t10?,12-,13+/m1/s1. The molecular weight excluding hydrogens is 242 g/mol. The average Bonchev–Trinajstić information content (AvgIpc) is 2.40. The minimum absolute atomic E-state index is 0.0999. The Morgan fingerprint density at radius 1 is 1.21 bits per heavy atom. The molecule has 0 aliphatic heterocycles. The number of carbonyl (C=O) groups is 2. The zero-order valence-electron chi connectivity index (χ0n) is 12.1. The third-order valence-electron chi connectivity index (χ3n) is 4.21. The van der Waals surface area contributed by atoms with Crippen molar-refractivity contribution >= 4 is 11.9 Å². The van der Waals surface area contributed by atoms with E-state index in [1.54, 1.807) is 0 Å². The Kier molecular flexibility index (Phi) is 6.06. The van der Waals surface area contributed by atoms with Crippen LogP contribution in [0.2, 0.25) is 0 Å². The van der Waals surface area contributed by atoms with E-state index in [1.807, 2.05) is 19.1 Å². The van der Waals surface area contributed by atoms with Crippen molar-refractivity contribution in [2.75, 3.05) is 0 Å². The topological polar surface area (TPSA) is 66.4 Å². The van der Waals surface area contributed by atoms with Gasteiger partial charge in [0.2, 0.25) is 5.91 Å². The predicted octanol–water partition coefficient (Wildman–Crippen LogP) is 2.59. The highest BCUT2D eigenvalue weighted by atomic mass is 16.4. The van der Waals surface area contributed by atoms with Crippen molar-refractivity contribution in [3.8, 4) is 0 Å². The monoisotopic (exact) mass is 267 g/mol. The summed E-state index contributed by atoms with van der Waals surface area (Å²) in [6.07, 6.45) is 6.78. The Morgan fingerprint density at radius 2 is 1.74 bits per heavy atom. The quantitative estimate of drug-likeness (QED) is 0.727. The molecule has 19 heavy (non-hydrogen) atoms. The minimum Gasteiger partial charge on any atom is -0.481 e. The fraction of sp³-hybridized carbons (Fsp3) is 0.733. The van der Waals surface area contributed by atoms with Crippen molar-refractivity contribution in [3.05, 3.63) is 12.2 Å². The van der Waals surface area contributed by atoms with E-state index >= 15 is 0 Å². The molecule has 0 aromatic rings. The van der Waals surface area contributed by atoms with Crippen LogP contribution in [0, 0.1) is 17.8 Å². The van der Waals surface area contributed by atoms with E-state index in [2.05, 4.69) is 19.2 Å². The minimum atomic E-state index is -0.875. The molecule has 1 amide bonds. The molecule has 1 aliphatic carbocycles. The van der Waals surface area contributed by atoms with Crippen molar-refractivity contribution in [1.29, 1.82) is 0 Å². The van der Waals surface area contributed by atoms with Gasteiger partial charge in [-0.05, 0) is 25.7 Å². The van der Waals surface area contributed by atoms with Crippen molar-refractivity contribution < 1.29 is 14.7 Å². The number of hydrogen-bond acceptors (Lipinski definition) is 2. The summed E-state index contributed by atoms with van der Waals surface area (Å²) in [7, 11) is 0. The maximum absolute atomic E-state index is 12.3. The molecule has 1 unspecified atom stereocenters. The number of carboxylic acids is 1. The van der Waals surface area contributed by atoms with Crippen LogP contribution in [0.4, 0.5) is 0 Å². The van der Waals surface area contributed by atoms with Gasteiger partial charge >= 0.3 is 5.97 Å². The summed E-state index contributed by atoms with van der Waals surface area (Å²) in [5.74, 6) is -1.56. The van der Waals surface area contributed by atoms with Gasteiger partial charge in [-0.15, -0.1) is 0 Å². The van der Waals surface area contributed by atoms with E-state index in [9.17, 15) is 14.7 Å². The summed E-state index contributed by atoms with van der Waals surface area (Å²) in [5.41, 5.74) is 0. The predicted molar refractivity (Wildman–Crippen MR) is 74.7 cm³/mol. The highest BCUT2D eigenvalue weighted by molar-refractivity contribution is 5.85. The van der Waals surface area contributed by atoms with Crippen LogP contribution in [0.1, 0.15) is 46.5 Å². The summed E-state index contributed by atoms with van der Waals surface area (Å²) in [6, 6.07) is 0.0999. The summed E-state index contributed by atoms with van der Waals surface area (Å²) >= 11 is 0. The molecule has 0 radical (unpaired) electrons. The molecule has 0 fully saturated rings. The van der Waals surface area contributed by atoms with Gasteiger partial charge in [-0.3, -0.25) is 9.59 Å². The Bertz CT molecular complexity index is 347. The SMILES string of the molecule is CCC(CC)C(C)NC(=O)[C@@H]1CC=CC[C@@H]1C(=O)O. The molecule has 0 saturated heterocycles. The number of nitrogens with one attached hydrogen (secondary N) is 1. The Balaban J connectivity index is 2.65. The molecule has 0 aromatic heterocycles. The lowest BCUT2D eigenvalue weighted by atomic mass is 9.82. The summed E-state index contributed by atoms with van der Waals surface area (Å²) < 4.78 is 0. The van der Waals surface area contributed by atoms with Crippen LogP contribution in [0.3, 0.4) is 0 Å². The first-order chi connectivity index (χ1) is 9.01. The molecule has 0 saturated carbocycles. The summed E-state index contributed by atoms with van der Waals surface area (Å²) in [4.78, 5) is 23.4. The zero-order chi connectivity index (χ0) is 14.4. The number of hydrogen-bond donors (Lipinski definition) is 2. The van der Waals surface area contributed by atoms with Crippen molar-refractivity contribution in [2.24, 2.45) is 17.8 Å². The first-order valence-corrected chi connectivity index (χ1v) is 7.19. The number of rotatable bonds is 6. The van der Waals surface area contributed by atoms with Crippen LogP contribution in [0.25, 0.3) is 0 Å². The summed E-state index contributed by atoms with van der Waals surface area (Å²) in [6.45, 7) is 6.23. The third-order valence-corrected chi connectivity index (χ3v) is 4.21. The number of carboxylic acid groups (broad SMARTS) is 1. The first-order valence-electron chi connectivity index (χ1n) is 7.19. The molecule has 0 aromatic carbocycles. The van der Waals surface area contributed by atoms with Gasteiger partial charge in [-0.1, -0.05) is 38.8 Å². The van der Waals surface area contributed by atoms with Gasteiger partial charge < -0.3 is 10.4 Å². The number of amides is 1. The number of allylic oxidation sites excluding steroid dienone is 2. The first kappa shape index (κ1) is 15.7.